The number of rotatable bonds is 1. The van der Waals surface area contributed by atoms with Crippen LogP contribution in [0.15, 0.2) is 18.2 Å². The summed E-state index contributed by atoms with van der Waals surface area (Å²) in [6.45, 7) is 0. The molecule has 0 fully saturated rings. The molecule has 0 aliphatic rings. The number of pyridine rings is 1. The SMILES string of the molecule is CN(C)c1c(Br)c(Br)nc(Br)c1Br. The summed E-state index contributed by atoms with van der Waals surface area (Å²) in [6.07, 6.45) is 0. The average molecular weight is 438 g/mol. The quantitative estimate of drug-likeness (QED) is 0.612. The van der Waals surface area contributed by atoms with Crippen LogP contribution >= 0.6 is 63.7 Å². The van der Waals surface area contributed by atoms with Gasteiger partial charge < -0.3 is 4.90 Å². The first-order valence-electron chi connectivity index (χ1n) is 3.32. The molecule has 0 amide bonds. The Hall–Kier alpha value is 0.870. The van der Waals surface area contributed by atoms with E-state index in [1.54, 1.807) is 0 Å². The molecule has 0 unspecified atom stereocenters. The molecular formula is C7H6Br4N2. The van der Waals surface area contributed by atoms with Crippen molar-refractivity contribution >= 4 is 69.4 Å². The molecule has 0 atom stereocenters. The fraction of sp³-hybridized carbons (Fsp3) is 0.286. The van der Waals surface area contributed by atoms with Crippen molar-refractivity contribution in [1.82, 2.24) is 4.98 Å². The van der Waals surface area contributed by atoms with Gasteiger partial charge in [-0.25, -0.2) is 4.98 Å². The average Bonchev–Trinajstić information content (AvgIpc) is 2.01. The summed E-state index contributed by atoms with van der Waals surface area (Å²) < 4.78 is 3.44. The zero-order chi connectivity index (χ0) is 10.2. The number of hydrogen-bond acceptors (Lipinski definition) is 2. The molecule has 1 aromatic rings. The largest absolute Gasteiger partial charge is 0.376 e. The molecule has 2 nitrogen and oxygen atoms in total. The summed E-state index contributed by atoms with van der Waals surface area (Å²) in [5, 5.41) is 0. The summed E-state index contributed by atoms with van der Waals surface area (Å²) in [5.41, 5.74) is 1.05. The Morgan fingerprint density at radius 1 is 0.923 bits per heavy atom. The topological polar surface area (TPSA) is 16.1 Å². The molecule has 0 saturated heterocycles. The lowest BCUT2D eigenvalue weighted by molar-refractivity contribution is 1.08. The van der Waals surface area contributed by atoms with Gasteiger partial charge in [-0.1, -0.05) is 0 Å². The van der Waals surface area contributed by atoms with E-state index in [0.717, 1.165) is 23.8 Å². The number of halogens is 4. The summed E-state index contributed by atoms with van der Waals surface area (Å²) in [4.78, 5) is 6.23. The maximum absolute atomic E-state index is 4.23. The first-order chi connectivity index (χ1) is 5.95. The standard InChI is InChI=1S/C7H6Br4N2/c1-13(2)5-3(8)6(10)12-7(11)4(5)9/h1-2H3. The molecule has 0 N–H and O–H groups in total. The Labute approximate surface area is 111 Å². The molecule has 0 bridgehead atoms. The minimum atomic E-state index is 0.784. The van der Waals surface area contributed by atoms with Gasteiger partial charge in [0.15, 0.2) is 0 Å². The Morgan fingerprint density at radius 3 is 1.62 bits per heavy atom. The summed E-state index contributed by atoms with van der Waals surface area (Å²) >= 11 is 13.7. The van der Waals surface area contributed by atoms with Crippen molar-refractivity contribution in [2.24, 2.45) is 0 Å². The lowest BCUT2D eigenvalue weighted by Gasteiger charge is -2.17. The highest BCUT2D eigenvalue weighted by Crippen LogP contribution is 2.40. The molecule has 0 aliphatic carbocycles. The third-order valence-corrected chi connectivity index (χ3v) is 5.14. The van der Waals surface area contributed by atoms with Gasteiger partial charge >= 0.3 is 0 Å². The zero-order valence-corrected chi connectivity index (χ0v) is 13.3. The van der Waals surface area contributed by atoms with Crippen molar-refractivity contribution in [2.75, 3.05) is 19.0 Å². The third-order valence-electron chi connectivity index (χ3n) is 1.42. The molecule has 0 radical (unpaired) electrons. The zero-order valence-electron chi connectivity index (χ0n) is 6.91. The van der Waals surface area contributed by atoms with Gasteiger partial charge in [0.1, 0.15) is 9.21 Å². The second-order valence-electron chi connectivity index (χ2n) is 2.56. The molecule has 6 heteroatoms. The molecule has 0 aliphatic heterocycles. The van der Waals surface area contributed by atoms with Crippen LogP contribution < -0.4 is 4.90 Å². The second-order valence-corrected chi connectivity index (χ2v) is 5.65. The van der Waals surface area contributed by atoms with E-state index in [9.17, 15) is 0 Å². The van der Waals surface area contributed by atoms with Crippen molar-refractivity contribution < 1.29 is 0 Å². The molecule has 72 valence electrons. The molecular weight excluding hydrogens is 432 g/mol. The minimum Gasteiger partial charge on any atom is -0.376 e. The van der Waals surface area contributed by atoms with E-state index in [0.29, 0.717) is 0 Å². The molecule has 13 heavy (non-hydrogen) atoms. The van der Waals surface area contributed by atoms with Crippen LogP contribution in [-0.4, -0.2) is 19.1 Å². The van der Waals surface area contributed by atoms with Gasteiger partial charge in [-0.05, 0) is 63.7 Å². The molecule has 0 spiro atoms. The van der Waals surface area contributed by atoms with Gasteiger partial charge in [0.25, 0.3) is 0 Å². The lowest BCUT2D eigenvalue weighted by Crippen LogP contribution is -2.11. The van der Waals surface area contributed by atoms with Crippen molar-refractivity contribution in [3.8, 4) is 0 Å². The van der Waals surface area contributed by atoms with Gasteiger partial charge in [-0.15, -0.1) is 0 Å². The first-order valence-corrected chi connectivity index (χ1v) is 6.49. The minimum absolute atomic E-state index is 0.784. The van der Waals surface area contributed by atoms with Crippen LogP contribution in [0.3, 0.4) is 0 Å². The van der Waals surface area contributed by atoms with Gasteiger partial charge in [-0.3, -0.25) is 0 Å². The normalized spacial score (nSPS) is 10.3. The number of nitrogens with zero attached hydrogens (tertiary/aromatic N) is 2. The summed E-state index contributed by atoms with van der Waals surface area (Å²) in [5.74, 6) is 0. The van der Waals surface area contributed by atoms with E-state index in [2.05, 4.69) is 68.7 Å². The predicted molar refractivity (Wildman–Crippen MR) is 69.4 cm³/mol. The van der Waals surface area contributed by atoms with Crippen LogP contribution in [0, 0.1) is 0 Å². The Morgan fingerprint density at radius 2 is 1.31 bits per heavy atom. The predicted octanol–water partition coefficient (Wildman–Crippen LogP) is 4.20. The van der Waals surface area contributed by atoms with Crippen LogP contribution in [0.1, 0.15) is 0 Å². The van der Waals surface area contributed by atoms with Gasteiger partial charge in [0.2, 0.25) is 0 Å². The molecule has 0 saturated carbocycles. The van der Waals surface area contributed by atoms with E-state index >= 15 is 0 Å². The Kier molecular flexibility index (Phi) is 4.22. The fourth-order valence-corrected chi connectivity index (χ4v) is 3.39. The summed E-state index contributed by atoms with van der Waals surface area (Å²) in [6, 6.07) is 0. The van der Waals surface area contributed by atoms with Crippen LogP contribution in [0.25, 0.3) is 0 Å². The smallest absolute Gasteiger partial charge is 0.123 e. The van der Waals surface area contributed by atoms with E-state index in [4.69, 9.17) is 0 Å². The van der Waals surface area contributed by atoms with Crippen molar-refractivity contribution in [3.63, 3.8) is 0 Å². The van der Waals surface area contributed by atoms with Crippen molar-refractivity contribution in [3.05, 3.63) is 18.2 Å². The van der Waals surface area contributed by atoms with Crippen molar-refractivity contribution in [1.29, 1.82) is 0 Å². The highest BCUT2D eigenvalue weighted by atomic mass is 79.9. The van der Waals surface area contributed by atoms with Crippen LogP contribution in [0.2, 0.25) is 0 Å². The molecule has 1 aromatic heterocycles. The molecule has 1 rings (SSSR count). The van der Waals surface area contributed by atoms with Gasteiger partial charge in [0.05, 0.1) is 14.6 Å². The van der Waals surface area contributed by atoms with Crippen LogP contribution in [-0.2, 0) is 0 Å². The highest BCUT2D eigenvalue weighted by molar-refractivity contribution is 9.14. The lowest BCUT2D eigenvalue weighted by atomic mass is 10.4. The third kappa shape index (κ3) is 2.46. The van der Waals surface area contributed by atoms with E-state index in [-0.39, 0.29) is 0 Å². The van der Waals surface area contributed by atoms with E-state index < -0.39 is 0 Å². The number of hydrogen-bond donors (Lipinski definition) is 0. The fourth-order valence-electron chi connectivity index (χ4n) is 0.869. The maximum Gasteiger partial charge on any atom is 0.123 e. The monoisotopic (exact) mass is 434 g/mol. The Bertz CT molecular complexity index is 312. The molecule has 1 heterocycles. The van der Waals surface area contributed by atoms with Crippen LogP contribution in [0.5, 0.6) is 0 Å². The first kappa shape index (κ1) is 11.9. The van der Waals surface area contributed by atoms with Gasteiger partial charge in [0, 0.05) is 14.1 Å². The number of anilines is 1. The Balaban J connectivity index is 3.46. The van der Waals surface area contributed by atoms with E-state index in [1.807, 2.05) is 19.0 Å². The van der Waals surface area contributed by atoms with Gasteiger partial charge in [-0.2, -0.15) is 0 Å². The summed E-state index contributed by atoms with van der Waals surface area (Å²) in [7, 11) is 3.95. The maximum atomic E-state index is 4.23. The second kappa shape index (κ2) is 4.59. The number of aromatic nitrogens is 1. The molecule has 0 aromatic carbocycles. The van der Waals surface area contributed by atoms with Crippen molar-refractivity contribution in [2.45, 2.75) is 0 Å². The highest BCUT2D eigenvalue weighted by Gasteiger charge is 2.15. The van der Waals surface area contributed by atoms with E-state index in [1.165, 1.54) is 0 Å². The van der Waals surface area contributed by atoms with Crippen LogP contribution in [0.4, 0.5) is 5.69 Å².